The molecule has 0 amide bonds. The van der Waals surface area contributed by atoms with E-state index in [4.69, 9.17) is 32.7 Å². The van der Waals surface area contributed by atoms with Gasteiger partial charge in [0.05, 0.1) is 5.56 Å². The normalized spacial score (nSPS) is 17.4. The van der Waals surface area contributed by atoms with Crippen LogP contribution in [0, 0.1) is 5.82 Å². The summed E-state index contributed by atoms with van der Waals surface area (Å²) in [5, 5.41) is 1.07. The zero-order valence-corrected chi connectivity index (χ0v) is 19.4. The van der Waals surface area contributed by atoms with Crippen LogP contribution in [0.2, 0.25) is 10.0 Å². The maximum Gasteiger partial charge on any atom is 0.341 e. The van der Waals surface area contributed by atoms with E-state index in [1.54, 1.807) is 45.0 Å². The van der Waals surface area contributed by atoms with E-state index < -0.39 is 17.4 Å². The number of likely N-dealkylation sites (tertiary alicyclic amines) is 1. The van der Waals surface area contributed by atoms with Gasteiger partial charge in [-0.3, -0.25) is 4.90 Å². The zero-order chi connectivity index (χ0) is 22.3. The largest absolute Gasteiger partial charge is 0.488 e. The molecule has 2 aromatic rings. The third-order valence-electron chi connectivity index (χ3n) is 5.32. The fourth-order valence-electron chi connectivity index (χ4n) is 3.79. The van der Waals surface area contributed by atoms with Gasteiger partial charge in [0.2, 0.25) is 0 Å². The summed E-state index contributed by atoms with van der Waals surface area (Å²) in [5.41, 5.74) is 1.33. The molecule has 0 radical (unpaired) electrons. The molecule has 2 fully saturated rings. The molecule has 4 nitrogen and oxygen atoms in total. The lowest BCUT2D eigenvalue weighted by atomic mass is 9.97. The molecule has 0 bridgehead atoms. The van der Waals surface area contributed by atoms with Crippen LogP contribution in [0.5, 0.6) is 5.75 Å². The van der Waals surface area contributed by atoms with Gasteiger partial charge in [-0.25, -0.2) is 9.18 Å². The number of carbonyl (C=O) groups is 1. The van der Waals surface area contributed by atoms with Crippen molar-refractivity contribution in [3.05, 3.63) is 62.9 Å². The molecule has 166 valence electrons. The second-order valence-electron chi connectivity index (χ2n) is 9.35. The molecule has 2 aliphatic rings. The molecule has 0 aromatic heterocycles. The molecule has 0 unspecified atom stereocenters. The van der Waals surface area contributed by atoms with Crippen LogP contribution >= 0.6 is 23.2 Å². The molecular weight excluding hydrogens is 440 g/mol. The monoisotopic (exact) mass is 465 g/mol. The Bertz CT molecular complexity index is 975. The van der Waals surface area contributed by atoms with E-state index >= 15 is 0 Å². The third kappa shape index (κ3) is 5.71. The number of halogens is 3. The van der Waals surface area contributed by atoms with E-state index in [0.29, 0.717) is 28.3 Å². The fourth-order valence-corrected chi connectivity index (χ4v) is 4.29. The maximum absolute atomic E-state index is 14.8. The standard InChI is InChI=1S/C24H26Cl2FNO3/c1-24(2,3)31-23(29)21-10-20(14-4-5-14)15(6-22(21)27)11-28-12-19(13-28)30-18-8-16(25)7-17(26)9-18/h6-10,14,19H,4-5,11-13H2,1-3H3. The summed E-state index contributed by atoms with van der Waals surface area (Å²) in [6.07, 6.45) is 2.16. The van der Waals surface area contributed by atoms with Gasteiger partial charge in [0.25, 0.3) is 0 Å². The van der Waals surface area contributed by atoms with E-state index in [2.05, 4.69) is 4.90 Å². The number of esters is 1. The predicted molar refractivity (Wildman–Crippen MR) is 120 cm³/mol. The molecule has 0 atom stereocenters. The number of rotatable bonds is 6. The first-order valence-corrected chi connectivity index (χ1v) is 11.2. The van der Waals surface area contributed by atoms with Crippen LogP contribution in [0.4, 0.5) is 4.39 Å². The molecule has 0 spiro atoms. The van der Waals surface area contributed by atoms with Gasteiger partial charge in [-0.2, -0.15) is 0 Å². The van der Waals surface area contributed by atoms with Crippen molar-refractivity contribution >= 4 is 29.2 Å². The number of nitrogens with zero attached hydrogens (tertiary/aromatic N) is 1. The Morgan fingerprint density at radius 1 is 1.10 bits per heavy atom. The van der Waals surface area contributed by atoms with Crippen molar-refractivity contribution in [2.45, 2.75) is 57.8 Å². The lowest BCUT2D eigenvalue weighted by Crippen LogP contribution is -2.53. The van der Waals surface area contributed by atoms with Gasteiger partial charge >= 0.3 is 5.97 Å². The first kappa shape index (κ1) is 22.4. The van der Waals surface area contributed by atoms with Crippen LogP contribution in [-0.2, 0) is 11.3 Å². The van der Waals surface area contributed by atoms with E-state index in [-0.39, 0.29) is 11.7 Å². The summed E-state index contributed by atoms with van der Waals surface area (Å²) in [6, 6.07) is 8.34. The Balaban J connectivity index is 1.42. The van der Waals surface area contributed by atoms with Crippen molar-refractivity contribution < 1.29 is 18.7 Å². The van der Waals surface area contributed by atoms with E-state index in [1.807, 2.05) is 0 Å². The zero-order valence-electron chi connectivity index (χ0n) is 17.9. The minimum absolute atomic E-state index is 0.0169. The first-order valence-electron chi connectivity index (χ1n) is 10.5. The second kappa shape index (κ2) is 8.61. The molecule has 1 saturated heterocycles. The second-order valence-corrected chi connectivity index (χ2v) is 10.2. The van der Waals surface area contributed by atoms with Crippen molar-refractivity contribution in [1.82, 2.24) is 4.90 Å². The summed E-state index contributed by atoms with van der Waals surface area (Å²) in [5.74, 6) is -0.112. The highest BCUT2D eigenvalue weighted by atomic mass is 35.5. The highest BCUT2D eigenvalue weighted by Gasteiger charge is 2.33. The van der Waals surface area contributed by atoms with Gasteiger partial charge in [0.15, 0.2) is 0 Å². The molecule has 1 saturated carbocycles. The van der Waals surface area contributed by atoms with Gasteiger partial charge in [-0.05, 0) is 81.0 Å². The average molecular weight is 466 g/mol. The smallest absolute Gasteiger partial charge is 0.341 e. The van der Waals surface area contributed by atoms with Crippen molar-refractivity contribution in [2.24, 2.45) is 0 Å². The van der Waals surface area contributed by atoms with Gasteiger partial charge in [-0.15, -0.1) is 0 Å². The fraction of sp³-hybridized carbons (Fsp3) is 0.458. The van der Waals surface area contributed by atoms with Crippen molar-refractivity contribution in [1.29, 1.82) is 0 Å². The summed E-state index contributed by atoms with van der Waals surface area (Å²) < 4.78 is 26.1. The Morgan fingerprint density at radius 3 is 2.32 bits per heavy atom. The summed E-state index contributed by atoms with van der Waals surface area (Å²) in [4.78, 5) is 14.6. The van der Waals surface area contributed by atoms with Gasteiger partial charge < -0.3 is 9.47 Å². The summed E-state index contributed by atoms with van der Waals surface area (Å²) in [7, 11) is 0. The number of benzene rings is 2. The number of hydrogen-bond acceptors (Lipinski definition) is 4. The molecular formula is C24H26Cl2FNO3. The highest BCUT2D eigenvalue weighted by Crippen LogP contribution is 2.43. The number of carbonyl (C=O) groups excluding carboxylic acids is 1. The molecule has 4 rings (SSSR count). The Morgan fingerprint density at radius 2 is 1.74 bits per heavy atom. The van der Waals surface area contributed by atoms with Gasteiger partial charge in [0.1, 0.15) is 23.3 Å². The van der Waals surface area contributed by atoms with Crippen molar-refractivity contribution in [3.8, 4) is 5.75 Å². The van der Waals surface area contributed by atoms with Gasteiger partial charge in [0, 0.05) is 29.7 Å². The van der Waals surface area contributed by atoms with Crippen LogP contribution in [0.25, 0.3) is 0 Å². The lowest BCUT2D eigenvalue weighted by molar-refractivity contribution is 0.00644. The predicted octanol–water partition coefficient (Wildman–Crippen LogP) is 6.23. The third-order valence-corrected chi connectivity index (χ3v) is 5.76. The molecule has 2 aromatic carbocycles. The first-order chi connectivity index (χ1) is 14.6. The summed E-state index contributed by atoms with van der Waals surface area (Å²) >= 11 is 12.1. The van der Waals surface area contributed by atoms with Crippen LogP contribution < -0.4 is 4.74 Å². The van der Waals surface area contributed by atoms with Crippen molar-refractivity contribution in [3.63, 3.8) is 0 Å². The Hall–Kier alpha value is -1.82. The molecule has 7 heteroatoms. The lowest BCUT2D eigenvalue weighted by Gasteiger charge is -2.39. The van der Waals surface area contributed by atoms with Crippen LogP contribution in [-0.4, -0.2) is 35.7 Å². The maximum atomic E-state index is 14.8. The van der Waals surface area contributed by atoms with Crippen LogP contribution in [0.1, 0.15) is 61.0 Å². The molecule has 0 N–H and O–H groups in total. The highest BCUT2D eigenvalue weighted by molar-refractivity contribution is 6.34. The van der Waals surface area contributed by atoms with Crippen LogP contribution in [0.15, 0.2) is 30.3 Å². The SMILES string of the molecule is CC(C)(C)OC(=O)c1cc(C2CC2)c(CN2CC(Oc3cc(Cl)cc(Cl)c3)C2)cc1F. The minimum Gasteiger partial charge on any atom is -0.488 e. The van der Waals surface area contributed by atoms with Crippen molar-refractivity contribution in [2.75, 3.05) is 13.1 Å². The Labute approximate surface area is 192 Å². The quantitative estimate of drug-likeness (QED) is 0.474. The number of ether oxygens (including phenoxy) is 2. The molecule has 31 heavy (non-hydrogen) atoms. The van der Waals surface area contributed by atoms with E-state index in [1.165, 1.54) is 6.07 Å². The Kier molecular flexibility index (Phi) is 6.21. The topological polar surface area (TPSA) is 38.8 Å². The van der Waals surface area contributed by atoms with E-state index in [9.17, 15) is 9.18 Å². The minimum atomic E-state index is -0.665. The van der Waals surface area contributed by atoms with Gasteiger partial charge in [-0.1, -0.05) is 23.2 Å². The van der Waals surface area contributed by atoms with E-state index in [0.717, 1.165) is 37.1 Å². The van der Waals surface area contributed by atoms with Crippen LogP contribution in [0.3, 0.4) is 0 Å². The number of hydrogen-bond donors (Lipinski definition) is 0. The molecule has 1 heterocycles. The summed E-state index contributed by atoms with van der Waals surface area (Å²) in [6.45, 7) is 7.40. The average Bonchev–Trinajstić information content (AvgIpc) is 3.42. The molecule has 1 aliphatic carbocycles. The molecule has 1 aliphatic heterocycles.